The van der Waals surface area contributed by atoms with Crippen molar-refractivity contribution >= 4 is 16.0 Å². The van der Waals surface area contributed by atoms with Crippen LogP contribution in [-0.2, 0) is 19.6 Å². The number of carboxylic acids is 1. The van der Waals surface area contributed by atoms with Gasteiger partial charge in [0.25, 0.3) is 0 Å². The third kappa shape index (κ3) is 7.84. The van der Waals surface area contributed by atoms with Gasteiger partial charge in [0.1, 0.15) is 0 Å². The molecule has 0 amide bonds. The van der Waals surface area contributed by atoms with Crippen molar-refractivity contribution in [2.45, 2.75) is 89.8 Å². The zero-order valence-electron chi connectivity index (χ0n) is 17.1. The molecule has 0 unspecified atom stereocenters. The van der Waals surface area contributed by atoms with E-state index >= 15 is 0 Å². The highest BCUT2D eigenvalue weighted by molar-refractivity contribution is 7.89. The summed E-state index contributed by atoms with van der Waals surface area (Å²) in [5.41, 5.74) is 0. The number of carbonyl (C=O) groups is 1. The molecule has 2 rings (SSSR count). The number of ether oxygens (including phenoxy) is 1. The molecule has 162 valence electrons. The molecule has 0 aliphatic carbocycles. The molecule has 0 aromatic carbocycles. The number of aliphatic carboxylic acids is 1. The third-order valence-corrected chi connectivity index (χ3v) is 7.46. The topological polar surface area (TPSA) is 92.7 Å². The molecular weight excluding hydrogens is 378 g/mol. The molecule has 2 fully saturated rings. The largest absolute Gasteiger partial charge is 0.481 e. The van der Waals surface area contributed by atoms with E-state index in [0.717, 1.165) is 57.8 Å². The molecule has 7 heteroatoms. The average molecular weight is 416 g/mol. The maximum atomic E-state index is 12.1. The van der Waals surface area contributed by atoms with Gasteiger partial charge in [-0.15, -0.1) is 0 Å². The summed E-state index contributed by atoms with van der Waals surface area (Å²) in [6, 6.07) is 0. The molecule has 2 N–H and O–H groups in total. The Kier molecular flexibility index (Phi) is 9.95. The number of hydrogen-bond donors (Lipinski definition) is 2. The summed E-state index contributed by atoms with van der Waals surface area (Å²) in [5.74, 6) is 0.333. The van der Waals surface area contributed by atoms with Gasteiger partial charge in [-0.1, -0.05) is 38.3 Å². The van der Waals surface area contributed by atoms with E-state index in [4.69, 9.17) is 9.84 Å². The van der Waals surface area contributed by atoms with Gasteiger partial charge in [0.2, 0.25) is 10.0 Å². The maximum absolute atomic E-state index is 12.1. The molecule has 0 saturated carbocycles. The van der Waals surface area contributed by atoms with Crippen LogP contribution in [0.3, 0.4) is 0 Å². The predicted molar refractivity (Wildman–Crippen MR) is 111 cm³/mol. The number of fused-ring (bicyclic) bond motifs is 2. The van der Waals surface area contributed by atoms with Crippen LogP contribution in [0, 0.1) is 11.8 Å². The van der Waals surface area contributed by atoms with E-state index in [2.05, 4.69) is 23.8 Å². The fourth-order valence-corrected chi connectivity index (χ4v) is 5.67. The van der Waals surface area contributed by atoms with E-state index in [1.807, 2.05) is 0 Å². The van der Waals surface area contributed by atoms with Gasteiger partial charge in [-0.3, -0.25) is 4.79 Å². The Bertz CT molecular complexity index is 604. The number of nitrogens with one attached hydrogen (secondary N) is 1. The lowest BCUT2D eigenvalue weighted by Gasteiger charge is -2.27. The lowest BCUT2D eigenvalue weighted by atomic mass is 9.76. The van der Waals surface area contributed by atoms with E-state index in [1.165, 1.54) is 0 Å². The van der Waals surface area contributed by atoms with Crippen LogP contribution in [0.2, 0.25) is 0 Å². The van der Waals surface area contributed by atoms with E-state index in [9.17, 15) is 13.2 Å². The molecule has 2 bridgehead atoms. The molecule has 0 radical (unpaired) electrons. The summed E-state index contributed by atoms with van der Waals surface area (Å²) >= 11 is 0. The van der Waals surface area contributed by atoms with Crippen LogP contribution < -0.4 is 4.72 Å². The van der Waals surface area contributed by atoms with Crippen molar-refractivity contribution < 1.29 is 23.1 Å². The third-order valence-electron chi connectivity index (χ3n) is 5.99. The van der Waals surface area contributed by atoms with E-state index in [-0.39, 0.29) is 18.3 Å². The number of carboxylic acid groups (broad SMARTS) is 1. The lowest BCUT2D eigenvalue weighted by molar-refractivity contribution is -0.137. The van der Waals surface area contributed by atoms with Crippen LogP contribution >= 0.6 is 0 Å². The smallest absolute Gasteiger partial charge is 0.303 e. The standard InChI is InChI=1S/C21H37NO5S/c1-2-3-4-9-16-28(25,26)22-15-14-18-17(19-12-13-20(18)27-19)10-7-5-6-8-11-21(23)24/h5,7,17-20,22H,2-4,6,8-16H2,1H3,(H,23,24)/t17-,18+,19-,20+/m1/s1. The molecule has 2 aliphatic rings. The summed E-state index contributed by atoms with van der Waals surface area (Å²) in [6.07, 6.45) is 14.3. The van der Waals surface area contributed by atoms with Gasteiger partial charge in [0.15, 0.2) is 0 Å². The second-order valence-electron chi connectivity index (χ2n) is 8.17. The monoisotopic (exact) mass is 415 g/mol. The summed E-state index contributed by atoms with van der Waals surface area (Å²) in [5, 5.41) is 8.67. The summed E-state index contributed by atoms with van der Waals surface area (Å²) in [6.45, 7) is 2.61. The van der Waals surface area contributed by atoms with Crippen molar-refractivity contribution in [1.29, 1.82) is 0 Å². The minimum Gasteiger partial charge on any atom is -0.481 e. The molecule has 2 aliphatic heterocycles. The predicted octanol–water partition coefficient (Wildman–Crippen LogP) is 3.87. The minimum atomic E-state index is -3.17. The highest BCUT2D eigenvalue weighted by Gasteiger charge is 2.47. The van der Waals surface area contributed by atoms with E-state index < -0.39 is 16.0 Å². The first kappa shape index (κ1) is 23.4. The van der Waals surface area contributed by atoms with Gasteiger partial charge in [-0.25, -0.2) is 13.1 Å². The molecule has 2 saturated heterocycles. The molecule has 0 aromatic rings. The van der Waals surface area contributed by atoms with Crippen LogP contribution in [0.15, 0.2) is 12.2 Å². The highest BCUT2D eigenvalue weighted by Crippen LogP contribution is 2.46. The van der Waals surface area contributed by atoms with Gasteiger partial charge >= 0.3 is 5.97 Å². The molecular formula is C21H37NO5S. The Morgan fingerprint density at radius 1 is 1.11 bits per heavy atom. The first-order chi connectivity index (χ1) is 13.4. The van der Waals surface area contributed by atoms with Crippen LogP contribution in [-0.4, -0.2) is 44.0 Å². The molecule has 4 atom stereocenters. The van der Waals surface area contributed by atoms with Crippen LogP contribution in [0.25, 0.3) is 0 Å². The SMILES string of the molecule is CCCCCCS(=O)(=O)NCC[C@H]1[C@@H](CC=CCCCC(=O)O)[C@H]2CC[C@@H]1O2. The number of rotatable bonds is 15. The van der Waals surface area contributed by atoms with Gasteiger partial charge in [-0.05, 0) is 56.8 Å². The maximum Gasteiger partial charge on any atom is 0.303 e. The van der Waals surface area contributed by atoms with Crippen molar-refractivity contribution in [2.24, 2.45) is 11.8 Å². The fourth-order valence-electron chi connectivity index (χ4n) is 4.51. The lowest BCUT2D eigenvalue weighted by Crippen LogP contribution is -2.33. The Morgan fingerprint density at radius 3 is 2.57 bits per heavy atom. The molecule has 0 aromatic heterocycles. The normalized spacial score (nSPS) is 27.0. The van der Waals surface area contributed by atoms with Gasteiger partial charge < -0.3 is 9.84 Å². The first-order valence-corrected chi connectivity index (χ1v) is 12.6. The summed E-state index contributed by atoms with van der Waals surface area (Å²) < 4.78 is 33.1. The number of hydrogen-bond acceptors (Lipinski definition) is 4. The summed E-state index contributed by atoms with van der Waals surface area (Å²) in [4.78, 5) is 10.5. The first-order valence-electron chi connectivity index (χ1n) is 10.9. The molecule has 2 heterocycles. The summed E-state index contributed by atoms with van der Waals surface area (Å²) in [7, 11) is -3.17. The number of allylic oxidation sites excluding steroid dienone is 2. The average Bonchev–Trinajstić information content (AvgIpc) is 3.23. The Labute approximate surface area is 170 Å². The van der Waals surface area contributed by atoms with Crippen molar-refractivity contribution in [3.63, 3.8) is 0 Å². The minimum absolute atomic E-state index is 0.211. The quantitative estimate of drug-likeness (QED) is 0.313. The Hall–Kier alpha value is -0.920. The fraction of sp³-hybridized carbons (Fsp3) is 0.857. The van der Waals surface area contributed by atoms with Gasteiger partial charge in [0, 0.05) is 13.0 Å². The molecule has 6 nitrogen and oxygen atoms in total. The Balaban J connectivity index is 1.71. The van der Waals surface area contributed by atoms with Crippen molar-refractivity contribution in [1.82, 2.24) is 4.72 Å². The van der Waals surface area contributed by atoms with Crippen molar-refractivity contribution in [3.8, 4) is 0 Å². The van der Waals surface area contributed by atoms with E-state index in [1.54, 1.807) is 0 Å². The van der Waals surface area contributed by atoms with Crippen LogP contribution in [0.1, 0.15) is 77.6 Å². The second kappa shape index (κ2) is 11.9. The van der Waals surface area contributed by atoms with Crippen LogP contribution in [0.4, 0.5) is 0 Å². The highest BCUT2D eigenvalue weighted by atomic mass is 32.2. The van der Waals surface area contributed by atoms with Crippen LogP contribution in [0.5, 0.6) is 0 Å². The molecule has 0 spiro atoms. The number of unbranched alkanes of at least 4 members (excludes halogenated alkanes) is 4. The molecule has 28 heavy (non-hydrogen) atoms. The zero-order chi connectivity index (χ0) is 20.4. The second-order valence-corrected chi connectivity index (χ2v) is 10.1. The number of sulfonamides is 1. The van der Waals surface area contributed by atoms with Gasteiger partial charge in [-0.2, -0.15) is 0 Å². The Morgan fingerprint density at radius 2 is 1.86 bits per heavy atom. The van der Waals surface area contributed by atoms with E-state index in [0.29, 0.717) is 30.9 Å². The van der Waals surface area contributed by atoms with Gasteiger partial charge in [0.05, 0.1) is 18.0 Å². The van der Waals surface area contributed by atoms with Crippen molar-refractivity contribution in [3.05, 3.63) is 12.2 Å². The zero-order valence-corrected chi connectivity index (χ0v) is 18.0. The van der Waals surface area contributed by atoms with Crippen molar-refractivity contribution in [2.75, 3.05) is 12.3 Å².